The van der Waals surface area contributed by atoms with Crippen molar-refractivity contribution in [2.75, 3.05) is 4.72 Å². The number of hydrogen-bond donors (Lipinski definition) is 2. The van der Waals surface area contributed by atoms with Crippen LogP contribution in [0.25, 0.3) is 6.08 Å². The molecule has 0 bridgehead atoms. The number of carboxylic acids is 1. The zero-order chi connectivity index (χ0) is 15.5. The lowest BCUT2D eigenvalue weighted by molar-refractivity contribution is -0.131. The summed E-state index contributed by atoms with van der Waals surface area (Å²) in [5.41, 5.74) is 0. The Hall–Kier alpha value is -2.26. The van der Waals surface area contributed by atoms with E-state index in [0.29, 0.717) is 4.88 Å². The zero-order valence-electron chi connectivity index (χ0n) is 10.4. The first-order valence-electron chi connectivity index (χ1n) is 5.52. The van der Waals surface area contributed by atoms with Gasteiger partial charge >= 0.3 is 5.97 Å². The molecular weight excluding hydrogens is 319 g/mol. The molecule has 1 heterocycles. The summed E-state index contributed by atoms with van der Waals surface area (Å²) < 4.78 is 39.0. The van der Waals surface area contributed by atoms with Gasteiger partial charge in [-0.2, -0.15) is 0 Å². The maximum absolute atomic E-state index is 12.8. The van der Waals surface area contributed by atoms with Crippen molar-refractivity contribution in [3.8, 4) is 0 Å². The molecule has 0 atom stereocenters. The molecule has 0 saturated carbocycles. The standard InChI is InChI=1S/C12H9FN2O4S2/c13-8-1-4-10(5-2-8)21(18,19)15-12-14-7-9(20-12)3-6-11(16)17/h1-7H,(H,14,15)(H,16,17). The predicted molar refractivity (Wildman–Crippen MR) is 76.0 cm³/mol. The molecule has 9 heteroatoms. The van der Waals surface area contributed by atoms with E-state index in [0.717, 1.165) is 41.7 Å². The molecule has 1 aromatic carbocycles. The third-order valence-corrected chi connectivity index (χ3v) is 4.62. The van der Waals surface area contributed by atoms with Gasteiger partial charge in [-0.1, -0.05) is 11.3 Å². The monoisotopic (exact) mass is 328 g/mol. The maximum atomic E-state index is 12.8. The number of aliphatic carboxylic acids is 1. The van der Waals surface area contributed by atoms with E-state index in [9.17, 15) is 17.6 Å². The van der Waals surface area contributed by atoms with Crippen molar-refractivity contribution in [2.45, 2.75) is 4.90 Å². The largest absolute Gasteiger partial charge is 0.478 e. The molecule has 2 aromatic rings. The lowest BCUT2D eigenvalue weighted by Crippen LogP contribution is -2.12. The fourth-order valence-electron chi connectivity index (χ4n) is 1.35. The van der Waals surface area contributed by atoms with Gasteiger partial charge in [-0.15, -0.1) is 0 Å². The van der Waals surface area contributed by atoms with Gasteiger partial charge in [-0.05, 0) is 30.3 Å². The number of rotatable bonds is 5. The van der Waals surface area contributed by atoms with Crippen LogP contribution in [0.4, 0.5) is 9.52 Å². The average molecular weight is 328 g/mol. The second kappa shape index (κ2) is 6.02. The van der Waals surface area contributed by atoms with Crippen molar-refractivity contribution >= 4 is 38.5 Å². The summed E-state index contributed by atoms with van der Waals surface area (Å²) >= 11 is 0.974. The Bertz CT molecular complexity index is 782. The molecule has 0 aliphatic rings. The lowest BCUT2D eigenvalue weighted by Gasteiger charge is -2.04. The third kappa shape index (κ3) is 4.10. The number of benzene rings is 1. The van der Waals surface area contributed by atoms with Crippen molar-refractivity contribution in [1.29, 1.82) is 0 Å². The molecule has 21 heavy (non-hydrogen) atoms. The van der Waals surface area contributed by atoms with Crippen LogP contribution in [0.15, 0.2) is 41.4 Å². The van der Waals surface area contributed by atoms with Crippen molar-refractivity contribution in [2.24, 2.45) is 0 Å². The number of carboxylic acid groups (broad SMARTS) is 1. The number of anilines is 1. The fourth-order valence-corrected chi connectivity index (χ4v) is 3.31. The van der Waals surface area contributed by atoms with Gasteiger partial charge in [0.05, 0.1) is 4.90 Å². The number of aromatic nitrogens is 1. The highest BCUT2D eigenvalue weighted by Gasteiger charge is 2.15. The van der Waals surface area contributed by atoms with Crippen molar-refractivity contribution in [1.82, 2.24) is 4.98 Å². The smallest absolute Gasteiger partial charge is 0.328 e. The maximum Gasteiger partial charge on any atom is 0.328 e. The van der Waals surface area contributed by atoms with Gasteiger partial charge in [0, 0.05) is 17.2 Å². The minimum absolute atomic E-state index is 0.0874. The van der Waals surface area contributed by atoms with Gasteiger partial charge in [0.1, 0.15) is 5.82 Å². The molecule has 0 fully saturated rings. The van der Waals surface area contributed by atoms with Crippen LogP contribution in [-0.4, -0.2) is 24.5 Å². The van der Waals surface area contributed by atoms with Crippen molar-refractivity contribution in [3.63, 3.8) is 0 Å². The predicted octanol–water partition coefficient (Wildman–Crippen LogP) is 2.18. The Morgan fingerprint density at radius 2 is 2.00 bits per heavy atom. The summed E-state index contributed by atoms with van der Waals surface area (Å²) in [7, 11) is -3.86. The molecule has 0 amide bonds. The van der Waals surface area contributed by atoms with E-state index < -0.39 is 21.8 Å². The number of nitrogens with zero attached hydrogens (tertiary/aromatic N) is 1. The second-order valence-corrected chi connectivity index (χ2v) is 6.54. The van der Waals surface area contributed by atoms with Crippen molar-refractivity contribution in [3.05, 3.63) is 47.2 Å². The van der Waals surface area contributed by atoms with Crippen LogP contribution in [-0.2, 0) is 14.8 Å². The van der Waals surface area contributed by atoms with Crippen LogP contribution in [0.5, 0.6) is 0 Å². The van der Waals surface area contributed by atoms with Crippen LogP contribution in [0.3, 0.4) is 0 Å². The molecule has 0 radical (unpaired) electrons. The lowest BCUT2D eigenvalue weighted by atomic mass is 10.4. The zero-order valence-corrected chi connectivity index (χ0v) is 12.0. The number of hydrogen-bond acceptors (Lipinski definition) is 5. The molecule has 0 saturated heterocycles. The summed E-state index contributed by atoms with van der Waals surface area (Å²) in [5, 5.41) is 8.58. The summed E-state index contributed by atoms with van der Waals surface area (Å²) in [4.78, 5) is 14.6. The molecule has 110 valence electrons. The van der Waals surface area contributed by atoms with Gasteiger partial charge in [0.25, 0.3) is 10.0 Å². The molecule has 0 aliphatic heterocycles. The molecule has 2 N–H and O–H groups in total. The highest BCUT2D eigenvalue weighted by molar-refractivity contribution is 7.93. The van der Waals surface area contributed by atoms with E-state index in [-0.39, 0.29) is 10.0 Å². The molecule has 0 spiro atoms. The highest BCUT2D eigenvalue weighted by atomic mass is 32.2. The quantitative estimate of drug-likeness (QED) is 0.820. The summed E-state index contributed by atoms with van der Waals surface area (Å²) in [6.07, 6.45) is 3.56. The first-order valence-corrected chi connectivity index (χ1v) is 7.82. The Labute approximate surface area is 123 Å². The fraction of sp³-hybridized carbons (Fsp3) is 0. The molecule has 6 nitrogen and oxygen atoms in total. The van der Waals surface area contributed by atoms with Gasteiger partial charge in [-0.25, -0.2) is 22.6 Å². The van der Waals surface area contributed by atoms with E-state index >= 15 is 0 Å². The molecule has 1 aromatic heterocycles. The SMILES string of the molecule is O=C(O)C=Cc1cnc(NS(=O)(=O)c2ccc(F)cc2)s1. The normalized spacial score (nSPS) is 11.7. The van der Waals surface area contributed by atoms with Crippen LogP contribution in [0.2, 0.25) is 0 Å². The Balaban J connectivity index is 2.17. The van der Waals surface area contributed by atoms with E-state index in [1.165, 1.54) is 12.3 Å². The number of thiazole rings is 1. The summed E-state index contributed by atoms with van der Waals surface area (Å²) in [6.45, 7) is 0. The van der Waals surface area contributed by atoms with Crippen LogP contribution in [0, 0.1) is 5.82 Å². The van der Waals surface area contributed by atoms with Gasteiger partial charge in [-0.3, -0.25) is 4.72 Å². The van der Waals surface area contributed by atoms with E-state index in [1.54, 1.807) is 0 Å². The Kier molecular flexibility index (Phi) is 4.34. The number of carbonyl (C=O) groups is 1. The van der Waals surface area contributed by atoms with Crippen LogP contribution >= 0.6 is 11.3 Å². The molecule has 0 aliphatic carbocycles. The Morgan fingerprint density at radius 3 is 2.62 bits per heavy atom. The number of halogens is 1. The number of nitrogens with one attached hydrogen (secondary N) is 1. The molecular formula is C12H9FN2O4S2. The Morgan fingerprint density at radius 1 is 1.33 bits per heavy atom. The molecule has 0 unspecified atom stereocenters. The van der Waals surface area contributed by atoms with E-state index in [2.05, 4.69) is 9.71 Å². The summed E-state index contributed by atoms with van der Waals surface area (Å²) in [5.74, 6) is -1.65. The van der Waals surface area contributed by atoms with E-state index in [4.69, 9.17) is 5.11 Å². The van der Waals surface area contributed by atoms with Crippen LogP contribution in [0.1, 0.15) is 4.88 Å². The van der Waals surface area contributed by atoms with Crippen molar-refractivity contribution < 1.29 is 22.7 Å². The van der Waals surface area contributed by atoms with E-state index in [1.807, 2.05) is 0 Å². The van der Waals surface area contributed by atoms with Gasteiger partial charge < -0.3 is 5.11 Å². The number of sulfonamides is 1. The topological polar surface area (TPSA) is 96.4 Å². The first kappa shape index (κ1) is 15.1. The van der Waals surface area contributed by atoms with Gasteiger partial charge in [0.2, 0.25) is 0 Å². The summed E-state index contributed by atoms with van der Waals surface area (Å²) in [6, 6.07) is 4.35. The third-order valence-electron chi connectivity index (χ3n) is 2.26. The molecule has 2 rings (SSSR count). The van der Waals surface area contributed by atoms with Gasteiger partial charge in [0.15, 0.2) is 5.13 Å². The van der Waals surface area contributed by atoms with Crippen LogP contribution < -0.4 is 4.72 Å². The minimum Gasteiger partial charge on any atom is -0.478 e. The minimum atomic E-state index is -3.86. The highest BCUT2D eigenvalue weighted by Crippen LogP contribution is 2.22. The first-order chi connectivity index (χ1) is 9.87. The second-order valence-electron chi connectivity index (χ2n) is 3.80. The average Bonchev–Trinajstić information content (AvgIpc) is 2.84.